The maximum atomic E-state index is 11.8. The van der Waals surface area contributed by atoms with E-state index in [2.05, 4.69) is 10.2 Å². The number of rotatable bonds is 5. The predicted octanol–water partition coefficient (Wildman–Crippen LogP) is -3.36. The van der Waals surface area contributed by atoms with Crippen molar-refractivity contribution in [2.45, 2.75) is 14.7 Å². The minimum atomic E-state index is -5.06. The molecule has 5 N–H and O–H groups in total. The van der Waals surface area contributed by atoms with Crippen LogP contribution in [0.2, 0.25) is 0 Å². The number of phenolic OH excluding ortho intramolecular Hbond substituents is 2. The van der Waals surface area contributed by atoms with E-state index < -0.39 is 67.6 Å². The van der Waals surface area contributed by atoms with E-state index in [-0.39, 0.29) is 73.0 Å². The van der Waals surface area contributed by atoms with Gasteiger partial charge < -0.3 is 13.1 Å². The molecule has 0 saturated carbocycles. The molecule has 3 rings (SSSR count). The second-order valence-electron chi connectivity index (χ2n) is 6.23. The largest absolute Gasteiger partial charge is 1.00 e. The Labute approximate surface area is 240 Å². The fraction of sp³-hybridized carbons (Fsp3) is 0. The Morgan fingerprint density at radius 1 is 0.676 bits per heavy atom. The Morgan fingerprint density at radius 3 is 1.68 bits per heavy atom. The first-order valence-electron chi connectivity index (χ1n) is 8.06. The second kappa shape index (κ2) is 10.9. The maximum absolute atomic E-state index is 11.8. The number of benzene rings is 3. The summed E-state index contributed by atoms with van der Waals surface area (Å²) in [6, 6.07) is 6.15. The molecule has 0 aliphatic heterocycles. The molecule has 13 nitrogen and oxygen atoms in total. The van der Waals surface area contributed by atoms with Gasteiger partial charge in [-0.05, 0) is 41.8 Å². The number of phenols is 2. The molecular formula is C16H14N2Na2O11S3. The number of azo groups is 1. The number of hydrogen-bond acceptors (Lipinski definition) is 10. The second-order valence-corrected chi connectivity index (χ2v) is 10.5. The van der Waals surface area contributed by atoms with Gasteiger partial charge in [-0.3, -0.25) is 13.7 Å². The van der Waals surface area contributed by atoms with E-state index in [1.54, 1.807) is 0 Å². The van der Waals surface area contributed by atoms with E-state index >= 15 is 0 Å². The Morgan fingerprint density at radius 2 is 1.21 bits per heavy atom. The number of aromatic hydroxyl groups is 2. The van der Waals surface area contributed by atoms with Crippen molar-refractivity contribution in [3.63, 3.8) is 0 Å². The summed E-state index contributed by atoms with van der Waals surface area (Å²) in [5, 5.41) is 26.9. The van der Waals surface area contributed by atoms with Crippen molar-refractivity contribution in [2.75, 3.05) is 0 Å². The topological polar surface area (TPSA) is 228 Å². The van der Waals surface area contributed by atoms with Crippen LogP contribution in [0.3, 0.4) is 0 Å². The van der Waals surface area contributed by atoms with E-state index in [0.29, 0.717) is 12.1 Å². The fourth-order valence-electron chi connectivity index (χ4n) is 2.67. The van der Waals surface area contributed by atoms with Gasteiger partial charge in [-0.25, -0.2) is 0 Å². The number of hydrogen-bond donors (Lipinski definition) is 5. The molecule has 0 bridgehead atoms. The molecule has 3 aromatic carbocycles. The number of fused-ring (bicyclic) bond motifs is 1. The van der Waals surface area contributed by atoms with Crippen LogP contribution in [0.1, 0.15) is 2.85 Å². The van der Waals surface area contributed by atoms with Crippen LogP contribution in [0.4, 0.5) is 11.4 Å². The van der Waals surface area contributed by atoms with Crippen LogP contribution in [-0.4, -0.2) is 49.1 Å². The van der Waals surface area contributed by atoms with Gasteiger partial charge in [0.1, 0.15) is 16.3 Å². The molecule has 0 atom stereocenters. The van der Waals surface area contributed by atoms with Crippen molar-refractivity contribution < 1.29 is 111 Å². The molecule has 0 radical (unpaired) electrons. The smallest absolute Gasteiger partial charge is 1.00 e. The molecule has 0 fully saturated rings. The summed E-state index contributed by atoms with van der Waals surface area (Å²) < 4.78 is 96.0. The van der Waals surface area contributed by atoms with Crippen molar-refractivity contribution in [2.24, 2.45) is 10.2 Å². The quantitative estimate of drug-likeness (QED) is 0.119. The molecule has 0 spiro atoms. The van der Waals surface area contributed by atoms with Gasteiger partial charge in [0.05, 0.1) is 20.9 Å². The summed E-state index contributed by atoms with van der Waals surface area (Å²) in [5.41, 5.74) is -0.877. The summed E-state index contributed by atoms with van der Waals surface area (Å²) in [6.45, 7) is 0. The molecule has 174 valence electrons. The maximum Gasteiger partial charge on any atom is 1.00 e. The van der Waals surface area contributed by atoms with Gasteiger partial charge in [0, 0.05) is 6.07 Å². The zero-order valence-electron chi connectivity index (χ0n) is 19.3. The van der Waals surface area contributed by atoms with Gasteiger partial charge in [0.15, 0.2) is 5.75 Å². The molecule has 0 unspecified atom stereocenters. The van der Waals surface area contributed by atoms with Gasteiger partial charge in [0.25, 0.3) is 30.4 Å². The average molecular weight is 552 g/mol. The minimum Gasteiger partial charge on any atom is -1.00 e. The van der Waals surface area contributed by atoms with Crippen LogP contribution >= 0.6 is 0 Å². The Hall–Kier alpha value is -1.15. The molecular weight excluding hydrogens is 538 g/mol. The molecule has 0 saturated heterocycles. The number of nitrogens with zero attached hydrogens (tertiary/aromatic N) is 2. The van der Waals surface area contributed by atoms with Gasteiger partial charge in [-0.2, -0.15) is 30.4 Å². The molecule has 0 amide bonds. The summed E-state index contributed by atoms with van der Waals surface area (Å²) in [7, 11) is -14.3. The summed E-state index contributed by atoms with van der Waals surface area (Å²) in [5.74, 6) is -1.85. The van der Waals surface area contributed by atoms with E-state index in [9.17, 15) is 40.0 Å². The summed E-state index contributed by atoms with van der Waals surface area (Å²) >= 11 is 0. The molecule has 3 aromatic rings. The van der Waals surface area contributed by atoms with Gasteiger partial charge >= 0.3 is 59.1 Å². The van der Waals surface area contributed by atoms with Gasteiger partial charge in [-0.15, -0.1) is 5.11 Å². The van der Waals surface area contributed by atoms with E-state index in [1.807, 2.05) is 0 Å². The van der Waals surface area contributed by atoms with E-state index in [1.165, 1.54) is 0 Å². The molecule has 0 heterocycles. The normalized spacial score (nSPS) is 12.3. The third-order valence-corrected chi connectivity index (χ3v) is 6.64. The Balaban J connectivity index is 0. The molecule has 34 heavy (non-hydrogen) atoms. The fourth-order valence-corrected chi connectivity index (χ4v) is 4.35. The zero-order valence-corrected chi connectivity index (χ0v) is 23.8. The van der Waals surface area contributed by atoms with E-state index in [0.717, 1.165) is 30.3 Å². The van der Waals surface area contributed by atoms with Crippen LogP contribution in [0.5, 0.6) is 11.5 Å². The first-order chi connectivity index (χ1) is 14.6. The van der Waals surface area contributed by atoms with Crippen LogP contribution < -0.4 is 59.1 Å². The molecule has 0 aromatic heterocycles. The zero-order chi connectivity index (χ0) is 24.1. The Bertz CT molecular complexity index is 1620. The predicted molar refractivity (Wildman–Crippen MR) is 110 cm³/mol. The Kier molecular flexibility index (Phi) is 9.86. The third-order valence-electron chi connectivity index (χ3n) is 4.08. The van der Waals surface area contributed by atoms with Crippen molar-refractivity contribution in [3.05, 3.63) is 42.5 Å². The van der Waals surface area contributed by atoms with Crippen LogP contribution in [0, 0.1) is 0 Å². The van der Waals surface area contributed by atoms with Crippen molar-refractivity contribution >= 4 is 52.5 Å². The van der Waals surface area contributed by atoms with E-state index in [4.69, 9.17) is 9.11 Å². The van der Waals surface area contributed by atoms with Crippen molar-refractivity contribution in [1.29, 1.82) is 0 Å². The molecule has 0 aliphatic carbocycles. The minimum absolute atomic E-state index is 0. The standard InChI is InChI=1S/C16H12N2O11S3.2Na.2H/c19-12-7-11(31(24,25)26)5-8-6-13(32(27,28)29)15(16(20)14(8)12)18-17-9-1-3-10(4-2-9)30(21,22)23;;;;/h1-7,19-20H,(H,21,22,23)(H,24,25,26)(H,27,28,29);;;;/q;2*+1;2*-1. The summed E-state index contributed by atoms with van der Waals surface area (Å²) in [4.78, 5) is -2.27. The SMILES string of the molecule is O=S(=O)(O)c1ccc(N=Nc2c(S(=O)(=O)O)cc3cc(S(=O)(=O)O)cc(O)c3c2O)cc1.[H-].[H-].[Na+].[Na+]. The third kappa shape index (κ3) is 6.74. The van der Waals surface area contributed by atoms with Gasteiger partial charge in [0.2, 0.25) is 0 Å². The molecule has 0 aliphatic rings. The molecule has 18 heteroatoms. The first-order valence-corrected chi connectivity index (χ1v) is 12.4. The van der Waals surface area contributed by atoms with Crippen molar-refractivity contribution in [1.82, 2.24) is 0 Å². The van der Waals surface area contributed by atoms with Crippen molar-refractivity contribution in [3.8, 4) is 11.5 Å². The van der Waals surface area contributed by atoms with Crippen LogP contribution in [-0.2, 0) is 30.4 Å². The average Bonchev–Trinajstić information content (AvgIpc) is 2.64. The van der Waals surface area contributed by atoms with Crippen LogP contribution in [0.25, 0.3) is 10.8 Å². The first kappa shape index (κ1) is 30.9. The van der Waals surface area contributed by atoms with Crippen LogP contribution in [0.15, 0.2) is 67.4 Å². The summed E-state index contributed by atoms with van der Waals surface area (Å²) in [6.07, 6.45) is 0. The monoisotopic (exact) mass is 552 g/mol. The van der Waals surface area contributed by atoms with Gasteiger partial charge in [-0.1, -0.05) is 0 Å².